The van der Waals surface area contributed by atoms with Crippen molar-refractivity contribution in [2.24, 2.45) is 0 Å². The Bertz CT molecular complexity index is 2430. The minimum absolute atomic E-state index is 0.126. The lowest BCUT2D eigenvalue weighted by atomic mass is 9.82. The molecule has 0 unspecified atom stereocenters. The summed E-state index contributed by atoms with van der Waals surface area (Å²) in [7, 11) is -7.17. The third-order valence-corrected chi connectivity index (χ3v) is 11.3. The van der Waals surface area contributed by atoms with Crippen LogP contribution in [0.25, 0.3) is 54.6 Å². The van der Waals surface area contributed by atoms with Gasteiger partial charge in [0.2, 0.25) is 0 Å². The zero-order valence-corrected chi connectivity index (χ0v) is 32.6. The van der Waals surface area contributed by atoms with Crippen molar-refractivity contribution in [1.29, 1.82) is 0 Å². The van der Waals surface area contributed by atoms with Crippen LogP contribution in [0.4, 0.5) is 39.5 Å². The molecule has 0 aliphatic carbocycles. The first-order valence-electron chi connectivity index (χ1n) is 16.3. The van der Waals surface area contributed by atoms with Crippen LogP contribution in [-0.2, 0) is 20.9 Å². The second kappa shape index (κ2) is 13.5. The van der Waals surface area contributed by atoms with E-state index in [4.69, 9.17) is 4.55 Å². The summed E-state index contributed by atoms with van der Waals surface area (Å²) in [6, 6.07) is 34.5. The maximum Gasteiger partial charge on any atom is 0.460 e. The van der Waals surface area contributed by atoms with E-state index < -0.39 is 33.4 Å². The topological polar surface area (TPSA) is 54.4 Å². The number of alkyl halides is 9. The number of benzene rings is 6. The molecule has 0 aliphatic heterocycles. The van der Waals surface area contributed by atoms with Crippen molar-refractivity contribution < 1.29 is 52.5 Å². The second-order valence-corrected chi connectivity index (χ2v) is 17.6. The van der Waals surface area contributed by atoms with Crippen LogP contribution >= 0.6 is 22.6 Å². The first kappa shape index (κ1) is 41.5. The van der Waals surface area contributed by atoms with Crippen LogP contribution in [0.3, 0.4) is 0 Å². The number of rotatable bonds is 5. The fourth-order valence-corrected chi connectivity index (χ4v) is 7.70. The predicted molar refractivity (Wildman–Crippen MR) is 204 cm³/mol. The number of halogens is 10. The van der Waals surface area contributed by atoms with Gasteiger partial charge in [0, 0.05) is 9.13 Å². The van der Waals surface area contributed by atoms with E-state index in [1.54, 1.807) is 0 Å². The molecule has 6 aromatic rings. The molecule has 288 valence electrons. The Hall–Kier alpha value is -3.63. The maximum absolute atomic E-state index is 12.2. The molecule has 3 nitrogen and oxygen atoms in total. The lowest BCUT2D eigenvalue weighted by Gasteiger charge is -2.31. The van der Waals surface area contributed by atoms with Gasteiger partial charge in [-0.2, -0.15) is 47.9 Å². The van der Waals surface area contributed by atoms with Crippen molar-refractivity contribution in [1.82, 2.24) is 0 Å². The van der Waals surface area contributed by atoms with Gasteiger partial charge in [0.05, 0.1) is 0 Å². The van der Waals surface area contributed by atoms with Gasteiger partial charge in [0.25, 0.3) is 0 Å². The predicted octanol–water partition coefficient (Wildman–Crippen LogP) is 13.4. The van der Waals surface area contributed by atoms with Gasteiger partial charge in [0.1, 0.15) is 0 Å². The molecule has 54 heavy (non-hydrogen) atoms. The summed E-state index contributed by atoms with van der Waals surface area (Å²) in [6.45, 7) is 13.7. The lowest BCUT2D eigenvalue weighted by molar-refractivity contribution is -0.382. The smallest absolute Gasteiger partial charge is 0.281 e. The van der Waals surface area contributed by atoms with E-state index in [1.165, 1.54) is 69.3 Å². The molecule has 0 radical (unpaired) electrons. The maximum atomic E-state index is 12.2. The summed E-state index contributed by atoms with van der Waals surface area (Å²) in [5.74, 6) is -14.7. The van der Waals surface area contributed by atoms with Gasteiger partial charge < -0.3 is 0 Å². The van der Waals surface area contributed by atoms with Crippen molar-refractivity contribution in [3.8, 4) is 22.3 Å². The Labute approximate surface area is 319 Å². The molecule has 0 aliphatic rings. The molecule has 0 atom stereocenters. The molecule has 14 heteroatoms. The van der Waals surface area contributed by atoms with Crippen molar-refractivity contribution >= 4 is 65.0 Å². The average molecular weight is 893 g/mol. The first-order chi connectivity index (χ1) is 24.5. The summed E-state index contributed by atoms with van der Waals surface area (Å²) in [6.07, 6.45) is -7.13. The molecule has 0 bridgehead atoms. The quantitative estimate of drug-likeness (QED) is 0.0812. The Morgan fingerprint density at radius 1 is 0.519 bits per heavy atom. The summed E-state index contributed by atoms with van der Waals surface area (Å²) in [5.41, 5.74) is 8.19. The van der Waals surface area contributed by atoms with Crippen LogP contribution in [0, 0.1) is 3.57 Å². The van der Waals surface area contributed by atoms with E-state index in [-0.39, 0.29) is 10.8 Å². The molecule has 1 N–H and O–H groups in total. The van der Waals surface area contributed by atoms with E-state index in [1.807, 2.05) is 0 Å². The summed E-state index contributed by atoms with van der Waals surface area (Å²) >= 11 is 2.60. The Morgan fingerprint density at radius 2 is 0.926 bits per heavy atom. The van der Waals surface area contributed by atoms with E-state index in [2.05, 4.69) is 155 Å². The largest absolute Gasteiger partial charge is 0.460 e. The van der Waals surface area contributed by atoms with E-state index in [0.717, 1.165) is 0 Å². The van der Waals surface area contributed by atoms with Crippen molar-refractivity contribution in [2.45, 2.75) is 75.6 Å². The Kier molecular flexibility index (Phi) is 10.4. The molecular formula is C40H34F9IO3S. The molecule has 6 aromatic carbocycles. The van der Waals surface area contributed by atoms with Crippen LogP contribution in [0.2, 0.25) is 0 Å². The number of hydrogen-bond donors (Lipinski definition) is 1. The fraction of sp³-hybridized carbons (Fsp3) is 0.300. The van der Waals surface area contributed by atoms with Crippen LogP contribution in [0.1, 0.15) is 52.7 Å². The third kappa shape index (κ3) is 7.02. The van der Waals surface area contributed by atoms with Crippen LogP contribution < -0.4 is 0 Å². The molecule has 6 rings (SSSR count). The second-order valence-electron chi connectivity index (χ2n) is 15.0. The number of hydrogen-bond acceptors (Lipinski definition) is 2. The van der Waals surface area contributed by atoms with Gasteiger partial charge in [-0.05, 0) is 93.6 Å². The molecule has 0 saturated carbocycles. The lowest BCUT2D eigenvalue weighted by Crippen LogP contribution is -2.63. The Balaban J connectivity index is 0.000000281. The molecule has 0 saturated heterocycles. The van der Waals surface area contributed by atoms with Gasteiger partial charge in [-0.3, -0.25) is 4.55 Å². The standard InChI is InChI=1S/C36H33I.C4HF9O3S/c1-35(2,3)26-16-10-24(11-17-26)31-28-20-14-22-8-7-9-23-15-21-29(33(28)30(22)23)34(37)32(31)25-12-18-27(19-13-25)36(4,5)6;5-1(6,3(9,10)11)2(7,8)4(12,13)17(14,15)16/h7-21H,1-6H3;(H,14,15,16). The zero-order chi connectivity index (χ0) is 40.6. The highest BCUT2D eigenvalue weighted by Gasteiger charge is 2.85. The van der Waals surface area contributed by atoms with Gasteiger partial charge in [-0.25, -0.2) is 0 Å². The molecule has 0 fully saturated rings. The molecule has 0 amide bonds. The highest BCUT2D eigenvalue weighted by Crippen LogP contribution is 2.54. The summed E-state index contributed by atoms with van der Waals surface area (Å²) < 4.78 is 135. The minimum atomic E-state index is -7.37. The molecular weight excluding hydrogens is 858 g/mol. The van der Waals surface area contributed by atoms with E-state index >= 15 is 0 Å². The van der Waals surface area contributed by atoms with Crippen LogP contribution in [0.15, 0.2) is 91.0 Å². The third-order valence-electron chi connectivity index (χ3n) is 9.27. The van der Waals surface area contributed by atoms with Crippen molar-refractivity contribution in [2.75, 3.05) is 0 Å². The van der Waals surface area contributed by atoms with Gasteiger partial charge >= 0.3 is 33.4 Å². The SMILES string of the molecule is CC(C)(C)c1ccc(-c2c(I)c3ccc4cccc5ccc(c2-c2ccc(C(C)(C)C)cc2)c3c45)cc1.O=S(=O)(O)C(F)(F)C(F)(F)C(F)(F)C(F)(F)F. The fourth-order valence-electron chi connectivity index (χ4n) is 6.22. The van der Waals surface area contributed by atoms with Crippen molar-refractivity contribution in [3.63, 3.8) is 0 Å². The molecule has 0 heterocycles. The van der Waals surface area contributed by atoms with E-state index in [0.29, 0.717) is 0 Å². The highest BCUT2D eigenvalue weighted by atomic mass is 127. The monoisotopic (exact) mass is 892 g/mol. The highest BCUT2D eigenvalue weighted by molar-refractivity contribution is 14.1. The average Bonchev–Trinajstić information content (AvgIpc) is 3.06. The van der Waals surface area contributed by atoms with Crippen LogP contribution in [-0.4, -0.2) is 36.2 Å². The van der Waals surface area contributed by atoms with Gasteiger partial charge in [-0.1, -0.05) is 133 Å². The van der Waals surface area contributed by atoms with E-state index in [9.17, 15) is 47.9 Å². The molecule has 0 aromatic heterocycles. The minimum Gasteiger partial charge on any atom is -0.281 e. The van der Waals surface area contributed by atoms with Gasteiger partial charge in [0.15, 0.2) is 0 Å². The summed E-state index contributed by atoms with van der Waals surface area (Å²) in [5, 5.41) is 1.04. The summed E-state index contributed by atoms with van der Waals surface area (Å²) in [4.78, 5) is 0. The first-order valence-corrected chi connectivity index (χ1v) is 18.8. The van der Waals surface area contributed by atoms with Crippen molar-refractivity contribution in [3.05, 3.63) is 106 Å². The van der Waals surface area contributed by atoms with Gasteiger partial charge in [-0.15, -0.1) is 0 Å². The van der Waals surface area contributed by atoms with Crippen LogP contribution in [0.5, 0.6) is 0 Å². The zero-order valence-electron chi connectivity index (χ0n) is 29.6. The normalized spacial score (nSPS) is 13.8. The Morgan fingerprint density at radius 3 is 1.31 bits per heavy atom. The molecule has 0 spiro atoms.